The Kier molecular flexibility index (Phi) is 3.77. The Bertz CT molecular complexity index is 840. The minimum atomic E-state index is -3.75. The number of rotatable bonds is 4. The molecule has 1 amide bonds. The van der Waals surface area contributed by atoms with Gasteiger partial charge < -0.3 is 14.2 Å². The summed E-state index contributed by atoms with van der Waals surface area (Å²) in [5.74, 6) is 0.461. The fourth-order valence-corrected chi connectivity index (χ4v) is 3.52. The number of aromatic nitrogens is 1. The molecule has 122 valence electrons. The topological polar surface area (TPSA) is 80.6 Å². The monoisotopic (exact) mass is 335 g/mol. The van der Waals surface area contributed by atoms with Crippen LogP contribution < -0.4 is 9.46 Å². The van der Waals surface area contributed by atoms with Crippen molar-refractivity contribution in [1.82, 2.24) is 9.47 Å². The fourth-order valence-electron chi connectivity index (χ4n) is 2.42. The number of anilines is 1. The number of carbonyl (C=O) groups excluding carboxylic acids is 1. The molecule has 0 fully saturated rings. The standard InChI is InChI=1S/C15H17N3O4S/c1-17-7-8-18-10-13(9-14(18)15(17)19)23(20,21)16-11-3-5-12(22-2)6-4-11/h3-6,9-10,16H,7-8H2,1-2H3. The molecule has 0 saturated heterocycles. The van der Waals surface area contributed by atoms with E-state index in [1.165, 1.54) is 12.3 Å². The second-order valence-electron chi connectivity index (χ2n) is 5.32. The van der Waals surface area contributed by atoms with Crippen molar-refractivity contribution in [2.24, 2.45) is 0 Å². The maximum atomic E-state index is 12.5. The van der Waals surface area contributed by atoms with Crippen LogP contribution >= 0.6 is 0 Å². The maximum absolute atomic E-state index is 12.5. The molecule has 1 aromatic heterocycles. The first-order valence-electron chi connectivity index (χ1n) is 7.03. The van der Waals surface area contributed by atoms with Crippen molar-refractivity contribution in [2.75, 3.05) is 25.4 Å². The third-order valence-corrected chi connectivity index (χ3v) is 5.11. The van der Waals surface area contributed by atoms with E-state index in [1.807, 2.05) is 0 Å². The lowest BCUT2D eigenvalue weighted by Crippen LogP contribution is -2.36. The minimum Gasteiger partial charge on any atom is -0.497 e. The number of carbonyl (C=O) groups is 1. The van der Waals surface area contributed by atoms with Crippen LogP contribution in [0.5, 0.6) is 5.75 Å². The van der Waals surface area contributed by atoms with E-state index in [1.54, 1.807) is 47.9 Å². The van der Waals surface area contributed by atoms with Gasteiger partial charge in [0.05, 0.1) is 7.11 Å². The van der Waals surface area contributed by atoms with Crippen LogP contribution in [0.4, 0.5) is 5.69 Å². The maximum Gasteiger partial charge on any atom is 0.270 e. The van der Waals surface area contributed by atoms with E-state index >= 15 is 0 Å². The number of nitrogens with zero attached hydrogens (tertiary/aromatic N) is 2. The number of sulfonamides is 1. The van der Waals surface area contributed by atoms with Gasteiger partial charge in [-0.2, -0.15) is 0 Å². The van der Waals surface area contributed by atoms with Crippen LogP contribution in [0.15, 0.2) is 41.4 Å². The van der Waals surface area contributed by atoms with Crippen molar-refractivity contribution in [1.29, 1.82) is 0 Å². The molecule has 0 atom stereocenters. The largest absolute Gasteiger partial charge is 0.497 e. The molecule has 3 rings (SSSR count). The Labute approximate surface area is 134 Å². The Morgan fingerprint density at radius 3 is 2.52 bits per heavy atom. The van der Waals surface area contributed by atoms with Gasteiger partial charge in [-0.25, -0.2) is 8.42 Å². The van der Waals surface area contributed by atoms with E-state index in [2.05, 4.69) is 4.72 Å². The number of amides is 1. The Morgan fingerprint density at radius 2 is 1.87 bits per heavy atom. The fraction of sp³-hybridized carbons (Fsp3) is 0.267. The Hall–Kier alpha value is -2.48. The van der Waals surface area contributed by atoms with Crippen molar-refractivity contribution in [2.45, 2.75) is 11.4 Å². The molecule has 0 unspecified atom stereocenters. The zero-order valence-corrected chi connectivity index (χ0v) is 13.6. The molecular formula is C15H17N3O4S. The van der Waals surface area contributed by atoms with Gasteiger partial charge in [0, 0.05) is 32.0 Å². The second-order valence-corrected chi connectivity index (χ2v) is 7.00. The van der Waals surface area contributed by atoms with Crippen LogP contribution in [-0.4, -0.2) is 44.5 Å². The van der Waals surface area contributed by atoms with E-state index in [-0.39, 0.29) is 10.8 Å². The van der Waals surface area contributed by atoms with Crippen molar-refractivity contribution >= 4 is 21.6 Å². The highest BCUT2D eigenvalue weighted by molar-refractivity contribution is 7.92. The molecule has 1 N–H and O–H groups in total. The van der Waals surface area contributed by atoms with E-state index in [4.69, 9.17) is 4.74 Å². The molecule has 0 saturated carbocycles. The summed E-state index contributed by atoms with van der Waals surface area (Å²) >= 11 is 0. The van der Waals surface area contributed by atoms with Crippen molar-refractivity contribution in [3.8, 4) is 5.75 Å². The highest BCUT2D eigenvalue weighted by Gasteiger charge is 2.26. The third kappa shape index (κ3) is 2.89. The molecule has 1 aromatic carbocycles. The van der Waals surface area contributed by atoms with Gasteiger partial charge in [-0.3, -0.25) is 9.52 Å². The molecule has 7 nitrogen and oxygen atoms in total. The summed E-state index contributed by atoms with van der Waals surface area (Å²) in [5, 5.41) is 0. The Balaban J connectivity index is 1.88. The van der Waals surface area contributed by atoms with Crippen molar-refractivity contribution < 1.29 is 17.9 Å². The zero-order chi connectivity index (χ0) is 16.6. The first-order valence-corrected chi connectivity index (χ1v) is 8.51. The molecule has 1 aliphatic heterocycles. The molecule has 0 bridgehead atoms. The van der Waals surface area contributed by atoms with Crippen LogP contribution in [0, 0.1) is 0 Å². The summed E-state index contributed by atoms with van der Waals surface area (Å²) in [5.41, 5.74) is 0.812. The number of hydrogen-bond donors (Lipinski definition) is 1. The molecule has 2 aromatic rings. The minimum absolute atomic E-state index is 0.0759. The molecule has 2 heterocycles. The van der Waals surface area contributed by atoms with Crippen LogP contribution in [0.3, 0.4) is 0 Å². The Morgan fingerprint density at radius 1 is 1.17 bits per heavy atom. The lowest BCUT2D eigenvalue weighted by Gasteiger charge is -2.23. The lowest BCUT2D eigenvalue weighted by atomic mass is 10.3. The van der Waals surface area contributed by atoms with Gasteiger partial charge in [-0.05, 0) is 30.3 Å². The lowest BCUT2D eigenvalue weighted by molar-refractivity contribution is 0.0749. The number of fused-ring (bicyclic) bond motifs is 1. The summed E-state index contributed by atoms with van der Waals surface area (Å²) < 4.78 is 34.2. The number of ether oxygens (including phenoxy) is 1. The van der Waals surface area contributed by atoms with E-state index in [0.717, 1.165) is 0 Å². The van der Waals surface area contributed by atoms with Gasteiger partial charge >= 0.3 is 0 Å². The number of methoxy groups -OCH3 is 1. The van der Waals surface area contributed by atoms with Gasteiger partial charge in [0.2, 0.25) is 0 Å². The highest BCUT2D eigenvalue weighted by atomic mass is 32.2. The third-order valence-electron chi connectivity index (χ3n) is 3.77. The molecule has 23 heavy (non-hydrogen) atoms. The second kappa shape index (κ2) is 5.62. The van der Waals surface area contributed by atoms with Gasteiger partial charge in [0.15, 0.2) is 0 Å². The first kappa shape index (κ1) is 15.4. The average Bonchev–Trinajstić information content (AvgIpc) is 2.97. The quantitative estimate of drug-likeness (QED) is 0.915. The summed E-state index contributed by atoms with van der Waals surface area (Å²) in [6, 6.07) is 7.97. The van der Waals surface area contributed by atoms with Crippen LogP contribution in [0.2, 0.25) is 0 Å². The predicted octanol–water partition coefficient (Wildman–Crippen LogP) is 1.38. The van der Waals surface area contributed by atoms with Crippen molar-refractivity contribution in [3.05, 3.63) is 42.2 Å². The molecule has 0 aliphatic carbocycles. The zero-order valence-electron chi connectivity index (χ0n) is 12.8. The molecule has 8 heteroatoms. The predicted molar refractivity (Wildman–Crippen MR) is 85.2 cm³/mol. The number of benzene rings is 1. The van der Waals surface area contributed by atoms with E-state index in [9.17, 15) is 13.2 Å². The summed E-state index contributed by atoms with van der Waals surface area (Å²) in [6.07, 6.45) is 1.49. The number of hydrogen-bond acceptors (Lipinski definition) is 4. The first-order chi connectivity index (χ1) is 10.9. The van der Waals surface area contributed by atoms with Crippen LogP contribution in [0.1, 0.15) is 10.5 Å². The summed E-state index contributed by atoms with van der Waals surface area (Å²) in [6.45, 7) is 1.14. The molecule has 0 spiro atoms. The average molecular weight is 335 g/mol. The molecule has 1 aliphatic rings. The summed E-state index contributed by atoms with van der Waals surface area (Å²) in [7, 11) is -0.513. The number of likely N-dealkylation sites (N-methyl/N-ethyl adjacent to an activating group) is 1. The number of nitrogens with one attached hydrogen (secondary N) is 1. The van der Waals surface area contributed by atoms with Gasteiger partial charge in [-0.15, -0.1) is 0 Å². The summed E-state index contributed by atoms with van der Waals surface area (Å²) in [4.78, 5) is 13.7. The smallest absolute Gasteiger partial charge is 0.270 e. The van der Waals surface area contributed by atoms with Crippen molar-refractivity contribution in [3.63, 3.8) is 0 Å². The van der Waals surface area contributed by atoms with E-state index in [0.29, 0.717) is 30.2 Å². The van der Waals surface area contributed by atoms with Gasteiger partial charge in [0.1, 0.15) is 16.3 Å². The van der Waals surface area contributed by atoms with Gasteiger partial charge in [-0.1, -0.05) is 0 Å². The SMILES string of the molecule is COc1ccc(NS(=O)(=O)c2cc3n(c2)CCN(C)C3=O)cc1. The van der Waals surface area contributed by atoms with Gasteiger partial charge in [0.25, 0.3) is 15.9 Å². The van der Waals surface area contributed by atoms with Crippen LogP contribution in [0.25, 0.3) is 0 Å². The highest BCUT2D eigenvalue weighted by Crippen LogP contribution is 2.22. The molecule has 0 radical (unpaired) electrons. The van der Waals surface area contributed by atoms with E-state index < -0.39 is 10.0 Å². The van der Waals surface area contributed by atoms with Crippen LogP contribution in [-0.2, 0) is 16.6 Å². The molecular weight excluding hydrogens is 318 g/mol. The normalized spacial score (nSPS) is 14.5.